The minimum absolute atomic E-state index is 0.0953. The lowest BCUT2D eigenvalue weighted by Crippen LogP contribution is -2.03. The topological polar surface area (TPSA) is 17.1 Å². The monoisotopic (exact) mass is 334 g/mol. The summed E-state index contributed by atoms with van der Waals surface area (Å²) in [4.78, 5) is 12.4. The van der Waals surface area contributed by atoms with Crippen LogP contribution in [-0.2, 0) is 0 Å². The molecule has 3 rings (SSSR count). The molecule has 1 aromatic heterocycles. The summed E-state index contributed by atoms with van der Waals surface area (Å²) in [6, 6.07) is 12.0. The zero-order chi connectivity index (χ0) is 13.4. The van der Waals surface area contributed by atoms with E-state index in [1.807, 2.05) is 24.3 Å². The van der Waals surface area contributed by atoms with Gasteiger partial charge in [0.25, 0.3) is 0 Å². The fourth-order valence-corrected chi connectivity index (χ4v) is 3.27. The molecule has 0 N–H and O–H groups in total. The van der Waals surface area contributed by atoms with Crippen LogP contribution in [0, 0.1) is 5.82 Å². The van der Waals surface area contributed by atoms with Crippen molar-refractivity contribution >= 4 is 43.1 Å². The van der Waals surface area contributed by atoms with Gasteiger partial charge in [0, 0.05) is 25.5 Å². The van der Waals surface area contributed by atoms with Crippen LogP contribution in [0.4, 0.5) is 4.39 Å². The lowest BCUT2D eigenvalue weighted by Gasteiger charge is -2.02. The van der Waals surface area contributed by atoms with Crippen LogP contribution in [0.3, 0.4) is 0 Å². The van der Waals surface area contributed by atoms with Crippen molar-refractivity contribution in [1.82, 2.24) is 0 Å². The Bertz CT molecular complexity index is 779. The molecular formula is C15H8BrFOS. The molecule has 0 aliphatic heterocycles. The highest BCUT2D eigenvalue weighted by Gasteiger charge is 2.17. The molecule has 0 aliphatic rings. The van der Waals surface area contributed by atoms with Crippen LogP contribution >= 0.6 is 27.3 Å². The molecule has 0 fully saturated rings. The maximum absolute atomic E-state index is 13.8. The van der Waals surface area contributed by atoms with Crippen LogP contribution in [0.25, 0.3) is 10.1 Å². The first kappa shape index (κ1) is 12.5. The summed E-state index contributed by atoms with van der Waals surface area (Å²) >= 11 is 4.75. The van der Waals surface area contributed by atoms with Gasteiger partial charge in [-0.15, -0.1) is 11.3 Å². The standard InChI is InChI=1S/C15H8BrFOS/c16-9-5-6-13(17)11(7-9)15(18)12-8-19-14-4-2-1-3-10(12)14/h1-8H. The Balaban J connectivity index is 2.16. The summed E-state index contributed by atoms with van der Waals surface area (Å²) < 4.78 is 15.5. The number of ketones is 1. The molecule has 19 heavy (non-hydrogen) atoms. The van der Waals surface area contributed by atoms with Gasteiger partial charge in [0.2, 0.25) is 0 Å². The highest BCUT2D eigenvalue weighted by atomic mass is 79.9. The predicted octanol–water partition coefficient (Wildman–Crippen LogP) is 5.03. The minimum Gasteiger partial charge on any atom is -0.288 e. The van der Waals surface area contributed by atoms with Crippen LogP contribution in [0.2, 0.25) is 0 Å². The van der Waals surface area contributed by atoms with E-state index in [0.717, 1.165) is 10.1 Å². The van der Waals surface area contributed by atoms with E-state index in [2.05, 4.69) is 15.9 Å². The number of hydrogen-bond donors (Lipinski definition) is 0. The smallest absolute Gasteiger partial charge is 0.197 e. The first-order valence-corrected chi connectivity index (χ1v) is 7.30. The molecule has 0 amide bonds. The fourth-order valence-electron chi connectivity index (χ4n) is 1.97. The average Bonchev–Trinajstić information content (AvgIpc) is 2.84. The molecule has 0 atom stereocenters. The van der Waals surface area contributed by atoms with Gasteiger partial charge in [-0.1, -0.05) is 34.1 Å². The maximum atomic E-state index is 13.8. The Hall–Kier alpha value is -1.52. The number of rotatable bonds is 2. The molecule has 0 unspecified atom stereocenters. The molecule has 0 bridgehead atoms. The second kappa shape index (κ2) is 4.87. The first-order chi connectivity index (χ1) is 9.16. The van der Waals surface area contributed by atoms with E-state index < -0.39 is 5.82 Å². The van der Waals surface area contributed by atoms with Crippen molar-refractivity contribution in [2.24, 2.45) is 0 Å². The largest absolute Gasteiger partial charge is 0.288 e. The van der Waals surface area contributed by atoms with Gasteiger partial charge in [-0.2, -0.15) is 0 Å². The second-order valence-corrected chi connectivity index (χ2v) is 5.93. The van der Waals surface area contributed by atoms with Crippen LogP contribution in [0.1, 0.15) is 15.9 Å². The third-order valence-corrected chi connectivity index (χ3v) is 4.36. The summed E-state index contributed by atoms with van der Waals surface area (Å²) in [6.07, 6.45) is 0. The molecule has 0 saturated carbocycles. The first-order valence-electron chi connectivity index (χ1n) is 5.63. The molecule has 4 heteroatoms. The highest BCUT2D eigenvalue weighted by molar-refractivity contribution is 9.10. The minimum atomic E-state index is -0.497. The number of benzene rings is 2. The molecule has 94 valence electrons. The van der Waals surface area contributed by atoms with Gasteiger partial charge in [0.05, 0.1) is 5.56 Å². The average molecular weight is 335 g/mol. The summed E-state index contributed by atoms with van der Waals surface area (Å²) in [6.45, 7) is 0. The normalized spacial score (nSPS) is 10.8. The fraction of sp³-hybridized carbons (Fsp3) is 0. The van der Waals surface area contributed by atoms with Gasteiger partial charge in [-0.05, 0) is 24.3 Å². The molecule has 0 saturated heterocycles. The van der Waals surface area contributed by atoms with Crippen LogP contribution in [0.5, 0.6) is 0 Å². The summed E-state index contributed by atoms with van der Waals surface area (Å²) in [5.74, 6) is -0.778. The van der Waals surface area contributed by atoms with Crippen LogP contribution in [0.15, 0.2) is 52.3 Å². The van der Waals surface area contributed by atoms with E-state index >= 15 is 0 Å². The number of carbonyl (C=O) groups is 1. The molecule has 2 aromatic carbocycles. The number of hydrogen-bond acceptors (Lipinski definition) is 2. The Morgan fingerprint density at radius 1 is 1.11 bits per heavy atom. The van der Waals surface area contributed by atoms with Crippen LogP contribution in [-0.4, -0.2) is 5.78 Å². The van der Waals surface area contributed by atoms with Crippen molar-refractivity contribution in [3.63, 3.8) is 0 Å². The van der Waals surface area contributed by atoms with Crippen molar-refractivity contribution in [2.75, 3.05) is 0 Å². The molecule has 1 nitrogen and oxygen atoms in total. The second-order valence-electron chi connectivity index (χ2n) is 4.10. The number of thiophene rings is 1. The van der Waals surface area contributed by atoms with Gasteiger partial charge in [0.15, 0.2) is 5.78 Å². The van der Waals surface area contributed by atoms with Gasteiger partial charge in [-0.3, -0.25) is 4.79 Å². The van der Waals surface area contributed by atoms with Gasteiger partial charge in [0.1, 0.15) is 5.82 Å². The van der Waals surface area contributed by atoms with E-state index in [0.29, 0.717) is 10.0 Å². The SMILES string of the molecule is O=C(c1cc(Br)ccc1F)c1csc2ccccc12. The van der Waals surface area contributed by atoms with E-state index in [4.69, 9.17) is 0 Å². The van der Waals surface area contributed by atoms with Crippen molar-refractivity contribution in [3.8, 4) is 0 Å². The highest BCUT2D eigenvalue weighted by Crippen LogP contribution is 2.28. The third-order valence-electron chi connectivity index (χ3n) is 2.90. The Morgan fingerprint density at radius 2 is 1.89 bits per heavy atom. The maximum Gasteiger partial charge on any atom is 0.197 e. The Labute approximate surface area is 121 Å². The summed E-state index contributed by atoms with van der Waals surface area (Å²) in [5.41, 5.74) is 0.649. The quantitative estimate of drug-likeness (QED) is 0.600. The molecule has 0 spiro atoms. The van der Waals surface area contributed by atoms with E-state index in [-0.39, 0.29) is 11.3 Å². The lowest BCUT2D eigenvalue weighted by molar-refractivity contribution is 0.103. The molecule has 0 aliphatic carbocycles. The number of fused-ring (bicyclic) bond motifs is 1. The van der Waals surface area contributed by atoms with Gasteiger partial charge >= 0.3 is 0 Å². The summed E-state index contributed by atoms with van der Waals surface area (Å²) in [5, 5.41) is 2.66. The zero-order valence-electron chi connectivity index (χ0n) is 9.69. The summed E-state index contributed by atoms with van der Waals surface area (Å²) in [7, 11) is 0. The Morgan fingerprint density at radius 3 is 2.74 bits per heavy atom. The van der Waals surface area contributed by atoms with Crippen molar-refractivity contribution in [1.29, 1.82) is 0 Å². The Kier molecular flexibility index (Phi) is 3.21. The van der Waals surface area contributed by atoms with E-state index in [1.165, 1.54) is 23.5 Å². The third kappa shape index (κ3) is 2.22. The molecular weight excluding hydrogens is 327 g/mol. The van der Waals surface area contributed by atoms with Crippen molar-refractivity contribution in [3.05, 3.63) is 69.3 Å². The predicted molar refractivity (Wildman–Crippen MR) is 79.4 cm³/mol. The molecule has 1 heterocycles. The van der Waals surface area contributed by atoms with Crippen LogP contribution < -0.4 is 0 Å². The van der Waals surface area contributed by atoms with Gasteiger partial charge < -0.3 is 0 Å². The molecule has 3 aromatic rings. The van der Waals surface area contributed by atoms with Crippen molar-refractivity contribution in [2.45, 2.75) is 0 Å². The number of halogens is 2. The van der Waals surface area contributed by atoms with Gasteiger partial charge in [-0.25, -0.2) is 4.39 Å². The van der Waals surface area contributed by atoms with Crippen molar-refractivity contribution < 1.29 is 9.18 Å². The van der Waals surface area contributed by atoms with E-state index in [9.17, 15) is 9.18 Å². The molecule has 0 radical (unpaired) electrons. The number of carbonyl (C=O) groups excluding carboxylic acids is 1. The van der Waals surface area contributed by atoms with E-state index in [1.54, 1.807) is 11.4 Å². The lowest BCUT2D eigenvalue weighted by atomic mass is 10.0. The zero-order valence-corrected chi connectivity index (χ0v) is 12.1.